The molecule has 0 spiro atoms. The van der Waals surface area contributed by atoms with E-state index < -0.39 is 16.4 Å². The molecule has 2 aromatic rings. The Balaban J connectivity index is 1.69. The molecule has 7 nitrogen and oxygen atoms in total. The summed E-state index contributed by atoms with van der Waals surface area (Å²) in [5.41, 5.74) is -0.208. The van der Waals surface area contributed by atoms with Crippen molar-refractivity contribution >= 4 is 22.9 Å². The molecule has 144 valence electrons. The van der Waals surface area contributed by atoms with Crippen LogP contribution in [0.25, 0.3) is 0 Å². The predicted octanol–water partition coefficient (Wildman–Crippen LogP) is 3.56. The number of thiophene rings is 1. The topological polar surface area (TPSA) is 95.7 Å². The summed E-state index contributed by atoms with van der Waals surface area (Å²) < 4.78 is 0. The molecular formula is C19H23N3O4S. The first kappa shape index (κ1) is 19.3. The van der Waals surface area contributed by atoms with Crippen LogP contribution >= 0.6 is 11.3 Å². The Morgan fingerprint density at radius 2 is 2.15 bits per heavy atom. The molecule has 1 saturated heterocycles. The van der Waals surface area contributed by atoms with Gasteiger partial charge in [0.25, 0.3) is 5.91 Å². The molecular weight excluding hydrogens is 366 g/mol. The lowest BCUT2D eigenvalue weighted by Crippen LogP contribution is -2.41. The molecule has 0 aliphatic carbocycles. The van der Waals surface area contributed by atoms with E-state index in [1.165, 1.54) is 10.9 Å². The Labute approximate surface area is 161 Å². The van der Waals surface area contributed by atoms with Crippen LogP contribution in [0.15, 0.2) is 35.7 Å². The lowest BCUT2D eigenvalue weighted by molar-refractivity contribution is -0.385. The van der Waals surface area contributed by atoms with E-state index in [4.69, 9.17) is 0 Å². The van der Waals surface area contributed by atoms with E-state index in [2.05, 4.69) is 23.2 Å². The molecule has 1 aliphatic heterocycles. The average Bonchev–Trinajstić information content (AvgIpc) is 3.17. The van der Waals surface area contributed by atoms with Gasteiger partial charge < -0.3 is 10.4 Å². The second-order valence-corrected chi connectivity index (χ2v) is 7.90. The first-order valence-electron chi connectivity index (χ1n) is 8.98. The van der Waals surface area contributed by atoms with Gasteiger partial charge in [0.2, 0.25) is 0 Å². The van der Waals surface area contributed by atoms with Crippen LogP contribution in [0.1, 0.15) is 41.0 Å². The summed E-state index contributed by atoms with van der Waals surface area (Å²) >= 11 is 1.67. The fraction of sp³-hybridized carbons (Fsp3) is 0.421. The van der Waals surface area contributed by atoms with E-state index in [1.54, 1.807) is 11.3 Å². The maximum atomic E-state index is 12.5. The Morgan fingerprint density at radius 3 is 2.74 bits per heavy atom. The van der Waals surface area contributed by atoms with E-state index in [0.29, 0.717) is 6.54 Å². The summed E-state index contributed by atoms with van der Waals surface area (Å²) in [5, 5.41) is 25.5. The highest BCUT2D eigenvalue weighted by molar-refractivity contribution is 7.10. The van der Waals surface area contributed by atoms with Gasteiger partial charge in [0, 0.05) is 23.1 Å². The number of piperidine rings is 1. The highest BCUT2D eigenvalue weighted by Crippen LogP contribution is 2.29. The van der Waals surface area contributed by atoms with Crippen LogP contribution in [0.5, 0.6) is 5.75 Å². The summed E-state index contributed by atoms with van der Waals surface area (Å²) in [6.07, 6.45) is 2.29. The quantitative estimate of drug-likeness (QED) is 0.582. The first-order valence-corrected chi connectivity index (χ1v) is 9.86. The molecule has 1 amide bonds. The number of likely N-dealkylation sites (tertiary alicyclic amines) is 1. The van der Waals surface area contributed by atoms with E-state index in [1.807, 2.05) is 11.4 Å². The van der Waals surface area contributed by atoms with Crippen molar-refractivity contribution in [3.63, 3.8) is 0 Å². The minimum absolute atomic E-state index is 0.105. The van der Waals surface area contributed by atoms with E-state index in [9.17, 15) is 20.0 Å². The molecule has 1 unspecified atom stereocenters. The second kappa shape index (κ2) is 8.49. The van der Waals surface area contributed by atoms with Gasteiger partial charge in [-0.25, -0.2) is 0 Å². The molecule has 1 fully saturated rings. The number of hydrogen-bond acceptors (Lipinski definition) is 6. The molecule has 1 aliphatic rings. The smallest absolute Gasteiger partial charge is 0.310 e. The third-order valence-corrected chi connectivity index (χ3v) is 5.99. The van der Waals surface area contributed by atoms with Crippen molar-refractivity contribution in [2.75, 3.05) is 19.6 Å². The molecule has 0 bridgehead atoms. The summed E-state index contributed by atoms with van der Waals surface area (Å²) in [4.78, 5) is 26.2. The number of carbonyl (C=O) groups is 1. The molecule has 1 aromatic carbocycles. The van der Waals surface area contributed by atoms with Crippen molar-refractivity contribution in [2.24, 2.45) is 5.92 Å². The number of amides is 1. The van der Waals surface area contributed by atoms with Gasteiger partial charge in [-0.1, -0.05) is 13.0 Å². The maximum Gasteiger partial charge on any atom is 0.310 e. The molecule has 3 rings (SSSR count). The zero-order chi connectivity index (χ0) is 19.4. The van der Waals surface area contributed by atoms with Crippen LogP contribution in [0.3, 0.4) is 0 Å². The second-order valence-electron chi connectivity index (χ2n) is 6.92. The SMILES string of the molecule is CC1CCN(C(CNC(=O)c2ccc([N+](=O)[O-])c(O)c2)c2cccs2)CC1. The number of nitrogens with zero attached hydrogens (tertiary/aromatic N) is 2. The lowest BCUT2D eigenvalue weighted by Gasteiger charge is -2.36. The van der Waals surface area contributed by atoms with Crippen LogP contribution in [-0.4, -0.2) is 40.5 Å². The van der Waals surface area contributed by atoms with Crippen molar-refractivity contribution in [1.82, 2.24) is 10.2 Å². The van der Waals surface area contributed by atoms with Crippen molar-refractivity contribution < 1.29 is 14.8 Å². The largest absolute Gasteiger partial charge is 0.502 e. The van der Waals surface area contributed by atoms with E-state index in [-0.39, 0.29) is 17.5 Å². The molecule has 2 heterocycles. The fourth-order valence-electron chi connectivity index (χ4n) is 3.34. The molecule has 27 heavy (non-hydrogen) atoms. The number of rotatable bonds is 6. The zero-order valence-electron chi connectivity index (χ0n) is 15.1. The van der Waals surface area contributed by atoms with Crippen LogP contribution in [0.2, 0.25) is 0 Å². The molecule has 1 aromatic heterocycles. The minimum atomic E-state index is -0.679. The Bertz CT molecular complexity index is 801. The van der Waals surface area contributed by atoms with Gasteiger partial charge >= 0.3 is 5.69 Å². The van der Waals surface area contributed by atoms with Gasteiger partial charge in [0.1, 0.15) is 0 Å². The third kappa shape index (κ3) is 4.64. The van der Waals surface area contributed by atoms with Crippen LogP contribution in [-0.2, 0) is 0 Å². The Hall–Kier alpha value is -2.45. The third-order valence-electron chi connectivity index (χ3n) is 5.02. The average molecular weight is 389 g/mol. The van der Waals surface area contributed by atoms with Gasteiger partial charge in [0.05, 0.1) is 11.0 Å². The summed E-state index contributed by atoms with van der Waals surface area (Å²) in [7, 11) is 0. The van der Waals surface area contributed by atoms with Crippen molar-refractivity contribution in [1.29, 1.82) is 0 Å². The van der Waals surface area contributed by atoms with Crippen LogP contribution in [0, 0.1) is 16.0 Å². The number of nitro groups is 1. The summed E-state index contributed by atoms with van der Waals surface area (Å²) in [6.45, 7) is 4.71. The molecule has 0 radical (unpaired) electrons. The molecule has 8 heteroatoms. The number of phenolic OH excluding ortho intramolecular Hbond substituents is 1. The van der Waals surface area contributed by atoms with Crippen LogP contribution in [0.4, 0.5) is 5.69 Å². The monoisotopic (exact) mass is 389 g/mol. The zero-order valence-corrected chi connectivity index (χ0v) is 15.9. The molecule has 0 saturated carbocycles. The maximum absolute atomic E-state index is 12.5. The van der Waals surface area contributed by atoms with E-state index >= 15 is 0 Å². The Kier molecular flexibility index (Phi) is 6.08. The van der Waals surface area contributed by atoms with Gasteiger partial charge in [-0.15, -0.1) is 11.3 Å². The van der Waals surface area contributed by atoms with Crippen molar-refractivity contribution in [3.05, 3.63) is 56.3 Å². The normalized spacial score (nSPS) is 16.8. The summed E-state index contributed by atoms with van der Waals surface area (Å²) in [5.74, 6) is -0.137. The van der Waals surface area contributed by atoms with E-state index in [0.717, 1.165) is 44.0 Å². The van der Waals surface area contributed by atoms with Crippen molar-refractivity contribution in [3.8, 4) is 5.75 Å². The Morgan fingerprint density at radius 1 is 1.41 bits per heavy atom. The van der Waals surface area contributed by atoms with Gasteiger partial charge in [-0.3, -0.25) is 19.8 Å². The number of carbonyl (C=O) groups excluding carboxylic acids is 1. The highest BCUT2D eigenvalue weighted by Gasteiger charge is 2.26. The van der Waals surface area contributed by atoms with Crippen molar-refractivity contribution in [2.45, 2.75) is 25.8 Å². The summed E-state index contributed by atoms with van der Waals surface area (Å²) in [6, 6.07) is 7.83. The number of nitrogens with one attached hydrogen (secondary N) is 1. The minimum Gasteiger partial charge on any atom is -0.502 e. The lowest BCUT2D eigenvalue weighted by atomic mass is 9.97. The van der Waals surface area contributed by atoms with Crippen LogP contribution < -0.4 is 5.32 Å². The van der Waals surface area contributed by atoms with Gasteiger partial charge in [0.15, 0.2) is 5.75 Å². The molecule has 1 atom stereocenters. The number of phenols is 1. The number of benzene rings is 1. The van der Waals surface area contributed by atoms with Gasteiger partial charge in [-0.05, 0) is 55.4 Å². The molecule has 2 N–H and O–H groups in total. The van der Waals surface area contributed by atoms with Gasteiger partial charge in [-0.2, -0.15) is 0 Å². The predicted molar refractivity (Wildman–Crippen MR) is 104 cm³/mol. The fourth-order valence-corrected chi connectivity index (χ4v) is 4.20. The number of nitro benzene ring substituents is 1. The standard InChI is InChI=1S/C19H23N3O4S/c1-13-6-8-21(9-7-13)16(18-3-2-10-27-18)12-20-19(24)14-4-5-15(22(25)26)17(23)11-14/h2-5,10-11,13,16,23H,6-9,12H2,1H3,(H,20,24). The number of aromatic hydroxyl groups is 1. The highest BCUT2D eigenvalue weighted by atomic mass is 32.1. The first-order chi connectivity index (χ1) is 13.0. The number of hydrogen-bond donors (Lipinski definition) is 2.